The first-order valence-corrected chi connectivity index (χ1v) is 5.23. The number of hydrogen-bond donors (Lipinski definition) is 1. The first kappa shape index (κ1) is 9.87. The second-order valence-corrected chi connectivity index (χ2v) is 4.20. The number of benzene rings is 1. The van der Waals surface area contributed by atoms with Crippen LogP contribution in [0.4, 0.5) is 5.69 Å². The fourth-order valence-corrected chi connectivity index (χ4v) is 1.47. The van der Waals surface area contributed by atoms with Gasteiger partial charge < -0.3 is 5.32 Å². The van der Waals surface area contributed by atoms with Gasteiger partial charge in [-0.1, -0.05) is 5.92 Å². The lowest BCUT2D eigenvalue weighted by molar-refractivity contribution is 1.37. The Hall–Kier alpha value is -0.210. The van der Waals surface area contributed by atoms with E-state index in [0.29, 0.717) is 6.54 Å². The summed E-state index contributed by atoms with van der Waals surface area (Å²) in [4.78, 5) is 0. The van der Waals surface area contributed by atoms with Crippen LogP contribution in [0.2, 0.25) is 0 Å². The van der Waals surface area contributed by atoms with Crippen molar-refractivity contribution in [2.75, 3.05) is 11.9 Å². The van der Waals surface area contributed by atoms with E-state index in [0.717, 1.165) is 10.2 Å². The summed E-state index contributed by atoms with van der Waals surface area (Å²) in [6.45, 7) is 0.563. The molecule has 0 aliphatic carbocycles. The fourth-order valence-electron chi connectivity index (χ4n) is 0.759. The molecule has 0 aliphatic heterocycles. The van der Waals surface area contributed by atoms with E-state index in [1.807, 2.05) is 18.2 Å². The third kappa shape index (κ3) is 2.68. The third-order valence-corrected chi connectivity index (χ3v) is 3.65. The average molecular weight is 336 g/mol. The molecule has 0 saturated carbocycles. The summed E-state index contributed by atoms with van der Waals surface area (Å²) in [5.74, 6) is 2.52. The van der Waals surface area contributed by atoms with Gasteiger partial charge >= 0.3 is 0 Å². The molecule has 0 bridgehead atoms. The molecule has 0 radical (unpaired) electrons. The molecule has 0 fully saturated rings. The summed E-state index contributed by atoms with van der Waals surface area (Å²) >= 11 is 5.70. The van der Waals surface area contributed by atoms with Gasteiger partial charge in [0, 0.05) is 13.7 Å². The van der Waals surface area contributed by atoms with Crippen molar-refractivity contribution in [3.63, 3.8) is 0 Å². The number of anilines is 1. The van der Waals surface area contributed by atoms with Crippen molar-refractivity contribution in [3.8, 4) is 12.3 Å². The number of hydrogen-bond acceptors (Lipinski definition) is 1. The highest BCUT2D eigenvalue weighted by atomic mass is 127. The fraction of sp³-hybridized carbons (Fsp3) is 0.111. The van der Waals surface area contributed by atoms with Crippen molar-refractivity contribution in [2.45, 2.75) is 0 Å². The molecule has 1 aromatic rings. The van der Waals surface area contributed by atoms with E-state index in [4.69, 9.17) is 6.42 Å². The SMILES string of the molecule is C#CCNc1ccc(I)c(Br)c1. The van der Waals surface area contributed by atoms with Crippen molar-refractivity contribution in [2.24, 2.45) is 0 Å². The van der Waals surface area contributed by atoms with E-state index < -0.39 is 0 Å². The lowest BCUT2D eigenvalue weighted by Gasteiger charge is -2.03. The average Bonchev–Trinajstić information content (AvgIpc) is 2.07. The number of halogens is 2. The number of terminal acetylenes is 1. The van der Waals surface area contributed by atoms with Gasteiger partial charge in [-0.05, 0) is 56.7 Å². The quantitative estimate of drug-likeness (QED) is 0.647. The minimum Gasteiger partial charge on any atom is -0.374 e. The highest BCUT2D eigenvalue weighted by Gasteiger charge is 1.96. The van der Waals surface area contributed by atoms with Crippen LogP contribution in [-0.2, 0) is 0 Å². The van der Waals surface area contributed by atoms with Crippen molar-refractivity contribution in [1.82, 2.24) is 0 Å². The van der Waals surface area contributed by atoms with Gasteiger partial charge in [0.2, 0.25) is 0 Å². The van der Waals surface area contributed by atoms with Gasteiger partial charge in [-0.15, -0.1) is 6.42 Å². The molecule has 1 aromatic carbocycles. The summed E-state index contributed by atoms with van der Waals surface area (Å²) in [7, 11) is 0. The van der Waals surface area contributed by atoms with Gasteiger partial charge in [0.1, 0.15) is 0 Å². The molecule has 0 atom stereocenters. The second kappa shape index (κ2) is 4.73. The van der Waals surface area contributed by atoms with Crippen LogP contribution in [0.25, 0.3) is 0 Å². The molecule has 0 aliphatic rings. The Morgan fingerprint density at radius 2 is 2.33 bits per heavy atom. The molecule has 0 heterocycles. The lowest BCUT2D eigenvalue weighted by atomic mass is 10.3. The van der Waals surface area contributed by atoms with Gasteiger partial charge in [-0.25, -0.2) is 0 Å². The molecule has 0 saturated heterocycles. The summed E-state index contributed by atoms with van der Waals surface area (Å²) < 4.78 is 2.28. The van der Waals surface area contributed by atoms with Gasteiger partial charge in [0.05, 0.1) is 6.54 Å². The molecule has 3 heteroatoms. The van der Waals surface area contributed by atoms with E-state index >= 15 is 0 Å². The Kier molecular flexibility index (Phi) is 3.89. The minimum atomic E-state index is 0.563. The standard InChI is InChI=1S/C9H7BrIN/c1-2-5-12-7-3-4-9(11)8(10)6-7/h1,3-4,6,12H,5H2. The van der Waals surface area contributed by atoms with Crippen LogP contribution in [0.3, 0.4) is 0 Å². The zero-order chi connectivity index (χ0) is 8.97. The molecule has 62 valence electrons. The number of nitrogens with one attached hydrogen (secondary N) is 1. The van der Waals surface area contributed by atoms with Gasteiger partial charge in [-0.2, -0.15) is 0 Å². The van der Waals surface area contributed by atoms with E-state index in [9.17, 15) is 0 Å². The van der Waals surface area contributed by atoms with Crippen molar-refractivity contribution < 1.29 is 0 Å². The van der Waals surface area contributed by atoms with Crippen LogP contribution < -0.4 is 5.32 Å². The molecule has 0 spiro atoms. The van der Waals surface area contributed by atoms with Crippen LogP contribution in [-0.4, -0.2) is 6.54 Å². The molecule has 1 nitrogen and oxygen atoms in total. The Balaban J connectivity index is 2.77. The Labute approximate surface area is 94.2 Å². The topological polar surface area (TPSA) is 12.0 Å². The zero-order valence-corrected chi connectivity index (χ0v) is 10.0. The molecule has 0 unspecified atom stereocenters. The van der Waals surface area contributed by atoms with Crippen molar-refractivity contribution in [3.05, 3.63) is 26.2 Å². The molecule has 12 heavy (non-hydrogen) atoms. The lowest BCUT2D eigenvalue weighted by Crippen LogP contribution is -1.97. The highest BCUT2D eigenvalue weighted by Crippen LogP contribution is 2.22. The second-order valence-electron chi connectivity index (χ2n) is 2.19. The van der Waals surface area contributed by atoms with E-state index in [-0.39, 0.29) is 0 Å². The smallest absolute Gasteiger partial charge is 0.0763 e. The maximum absolute atomic E-state index is 5.12. The summed E-state index contributed by atoms with van der Waals surface area (Å²) in [5.41, 5.74) is 1.04. The van der Waals surface area contributed by atoms with Crippen LogP contribution >= 0.6 is 38.5 Å². The maximum Gasteiger partial charge on any atom is 0.0763 e. The largest absolute Gasteiger partial charge is 0.374 e. The zero-order valence-electron chi connectivity index (χ0n) is 6.27. The van der Waals surface area contributed by atoms with Crippen LogP contribution in [0, 0.1) is 15.9 Å². The first-order valence-electron chi connectivity index (χ1n) is 3.36. The molecular weight excluding hydrogens is 329 g/mol. The minimum absolute atomic E-state index is 0.563. The molecular formula is C9H7BrIN. The molecule has 0 amide bonds. The summed E-state index contributed by atoms with van der Waals surface area (Å²) in [6.07, 6.45) is 5.12. The predicted octanol–water partition coefficient (Wildman–Crippen LogP) is 3.10. The summed E-state index contributed by atoms with van der Waals surface area (Å²) in [5, 5.41) is 3.09. The van der Waals surface area contributed by atoms with E-state index in [1.54, 1.807) is 0 Å². The van der Waals surface area contributed by atoms with Gasteiger partial charge in [0.15, 0.2) is 0 Å². The van der Waals surface area contributed by atoms with E-state index in [2.05, 4.69) is 49.8 Å². The summed E-state index contributed by atoms with van der Waals surface area (Å²) in [6, 6.07) is 6.05. The normalized spacial score (nSPS) is 9.08. The van der Waals surface area contributed by atoms with Crippen molar-refractivity contribution >= 4 is 44.2 Å². The number of rotatable bonds is 2. The van der Waals surface area contributed by atoms with E-state index in [1.165, 1.54) is 3.57 Å². The third-order valence-electron chi connectivity index (χ3n) is 1.31. The van der Waals surface area contributed by atoms with Gasteiger partial charge in [0.25, 0.3) is 0 Å². The van der Waals surface area contributed by atoms with Crippen LogP contribution in [0.15, 0.2) is 22.7 Å². The highest BCUT2D eigenvalue weighted by molar-refractivity contribution is 14.1. The molecule has 1 N–H and O–H groups in total. The van der Waals surface area contributed by atoms with Crippen molar-refractivity contribution in [1.29, 1.82) is 0 Å². The molecule has 1 rings (SSSR count). The maximum atomic E-state index is 5.12. The Bertz CT molecular complexity index is 317. The van der Waals surface area contributed by atoms with Gasteiger partial charge in [-0.3, -0.25) is 0 Å². The predicted molar refractivity (Wildman–Crippen MR) is 64.2 cm³/mol. The van der Waals surface area contributed by atoms with Crippen LogP contribution in [0.1, 0.15) is 0 Å². The van der Waals surface area contributed by atoms with Crippen LogP contribution in [0.5, 0.6) is 0 Å². The Morgan fingerprint density at radius 1 is 1.58 bits per heavy atom. The Morgan fingerprint density at radius 3 is 2.92 bits per heavy atom. The first-order chi connectivity index (χ1) is 5.74. The molecule has 0 aromatic heterocycles. The monoisotopic (exact) mass is 335 g/mol.